The maximum Gasteiger partial charge on any atom is 0.307 e. The molecule has 0 aliphatic heterocycles. The molecule has 0 bridgehead atoms. The lowest BCUT2D eigenvalue weighted by molar-refractivity contribution is -0.136. The Morgan fingerprint density at radius 2 is 1.88 bits per heavy atom. The van der Waals surface area contributed by atoms with Crippen LogP contribution in [-0.4, -0.2) is 30.3 Å². The maximum atomic E-state index is 11.3. The van der Waals surface area contributed by atoms with Crippen molar-refractivity contribution in [3.05, 3.63) is 47.5 Å². The molecule has 0 saturated heterocycles. The fourth-order valence-corrected chi connectivity index (χ4v) is 2.99. The van der Waals surface area contributed by atoms with Crippen LogP contribution in [0.5, 0.6) is 11.5 Å². The van der Waals surface area contributed by atoms with Crippen molar-refractivity contribution < 1.29 is 19.4 Å². The van der Waals surface area contributed by atoms with E-state index >= 15 is 0 Å². The van der Waals surface area contributed by atoms with Gasteiger partial charge in [0.1, 0.15) is 0 Å². The van der Waals surface area contributed by atoms with Gasteiger partial charge in [0.05, 0.1) is 26.3 Å². The van der Waals surface area contributed by atoms with Crippen molar-refractivity contribution >= 4 is 16.9 Å². The number of hydrogen-bond acceptors (Lipinski definition) is 3. The third kappa shape index (κ3) is 2.69. The van der Waals surface area contributed by atoms with Gasteiger partial charge in [-0.2, -0.15) is 0 Å². The van der Waals surface area contributed by atoms with Gasteiger partial charge in [-0.25, -0.2) is 0 Å². The zero-order valence-electron chi connectivity index (χ0n) is 13.8. The molecular weight excluding hydrogens is 306 g/mol. The minimum atomic E-state index is -0.862. The molecule has 1 aromatic heterocycles. The minimum Gasteiger partial charge on any atom is -0.493 e. The second kappa shape index (κ2) is 6.28. The van der Waals surface area contributed by atoms with E-state index < -0.39 is 5.97 Å². The molecule has 1 heterocycles. The van der Waals surface area contributed by atoms with Crippen LogP contribution in [0.1, 0.15) is 11.1 Å². The number of aromatic amines is 1. The summed E-state index contributed by atoms with van der Waals surface area (Å²) in [5.74, 6) is 0.374. The van der Waals surface area contributed by atoms with Crippen LogP contribution in [-0.2, 0) is 11.2 Å². The van der Waals surface area contributed by atoms with E-state index in [4.69, 9.17) is 9.47 Å². The van der Waals surface area contributed by atoms with Crippen LogP contribution < -0.4 is 9.47 Å². The number of benzene rings is 2. The Balaban J connectivity index is 2.25. The van der Waals surface area contributed by atoms with Crippen LogP contribution in [0.15, 0.2) is 36.4 Å². The molecule has 0 aliphatic rings. The molecule has 0 atom stereocenters. The smallest absolute Gasteiger partial charge is 0.307 e. The van der Waals surface area contributed by atoms with Crippen molar-refractivity contribution in [2.45, 2.75) is 13.3 Å². The normalized spacial score (nSPS) is 10.8. The van der Waals surface area contributed by atoms with Gasteiger partial charge >= 0.3 is 5.97 Å². The summed E-state index contributed by atoms with van der Waals surface area (Å²) >= 11 is 0. The van der Waals surface area contributed by atoms with Gasteiger partial charge in [-0.15, -0.1) is 0 Å². The van der Waals surface area contributed by atoms with Crippen LogP contribution in [0.2, 0.25) is 0 Å². The van der Waals surface area contributed by atoms with E-state index in [1.807, 2.05) is 43.3 Å². The second-order valence-electron chi connectivity index (χ2n) is 5.62. The Kier molecular flexibility index (Phi) is 4.16. The van der Waals surface area contributed by atoms with E-state index in [9.17, 15) is 9.90 Å². The topological polar surface area (TPSA) is 71.6 Å². The van der Waals surface area contributed by atoms with E-state index in [0.29, 0.717) is 11.5 Å². The van der Waals surface area contributed by atoms with Crippen LogP contribution in [0.3, 0.4) is 0 Å². The monoisotopic (exact) mass is 325 g/mol. The first-order chi connectivity index (χ1) is 11.5. The summed E-state index contributed by atoms with van der Waals surface area (Å²) in [6.45, 7) is 2.00. The van der Waals surface area contributed by atoms with Gasteiger partial charge in [0, 0.05) is 16.5 Å². The molecular formula is C19H19NO4. The Hall–Kier alpha value is -2.95. The summed E-state index contributed by atoms with van der Waals surface area (Å²) in [5, 5.41) is 10.2. The lowest BCUT2D eigenvalue weighted by atomic mass is 10.0. The average Bonchev–Trinajstić information content (AvgIpc) is 2.93. The predicted octanol–water partition coefficient (Wildman–Crippen LogP) is 3.79. The highest BCUT2D eigenvalue weighted by Crippen LogP contribution is 2.36. The summed E-state index contributed by atoms with van der Waals surface area (Å²) in [7, 11) is 3.16. The molecule has 0 unspecified atom stereocenters. The molecule has 3 aromatic rings. The third-order valence-corrected chi connectivity index (χ3v) is 4.15. The van der Waals surface area contributed by atoms with Crippen LogP contribution in [0, 0.1) is 6.92 Å². The van der Waals surface area contributed by atoms with Crippen molar-refractivity contribution in [2.24, 2.45) is 0 Å². The van der Waals surface area contributed by atoms with Crippen LogP contribution in [0.25, 0.3) is 22.2 Å². The number of hydrogen-bond donors (Lipinski definition) is 2. The van der Waals surface area contributed by atoms with Gasteiger partial charge < -0.3 is 19.6 Å². The number of nitrogens with one attached hydrogen (secondary N) is 1. The average molecular weight is 325 g/mol. The number of H-pyrrole nitrogens is 1. The summed E-state index contributed by atoms with van der Waals surface area (Å²) in [6.07, 6.45) is -0.0485. The quantitative estimate of drug-likeness (QED) is 0.749. The van der Waals surface area contributed by atoms with Gasteiger partial charge in [-0.05, 0) is 36.2 Å². The summed E-state index contributed by atoms with van der Waals surface area (Å²) in [6, 6.07) is 11.5. The third-order valence-electron chi connectivity index (χ3n) is 4.15. The zero-order chi connectivity index (χ0) is 17.3. The Morgan fingerprint density at radius 1 is 1.12 bits per heavy atom. The molecule has 124 valence electrons. The molecule has 24 heavy (non-hydrogen) atoms. The number of rotatable bonds is 5. The molecule has 0 spiro atoms. The molecule has 0 radical (unpaired) electrons. The lowest BCUT2D eigenvalue weighted by Crippen LogP contribution is -2.01. The molecule has 2 aromatic carbocycles. The standard InChI is InChI=1S/C19H19NO4/c1-11-5-4-6-13-14(10-17(21)22)19(20-18(11)13)12-7-8-15(23-2)16(9-12)24-3/h4-9,20H,10H2,1-3H3,(H,21,22). The maximum absolute atomic E-state index is 11.3. The minimum absolute atomic E-state index is 0.0485. The Morgan fingerprint density at radius 3 is 2.54 bits per heavy atom. The van der Waals surface area contributed by atoms with Gasteiger partial charge in [0.25, 0.3) is 0 Å². The fourth-order valence-electron chi connectivity index (χ4n) is 2.99. The number of carboxylic acid groups (broad SMARTS) is 1. The number of fused-ring (bicyclic) bond motifs is 1. The number of aryl methyl sites for hydroxylation is 1. The highest BCUT2D eigenvalue weighted by atomic mass is 16.5. The number of ether oxygens (including phenoxy) is 2. The molecule has 0 fully saturated rings. The van der Waals surface area contributed by atoms with Gasteiger partial charge in [0.2, 0.25) is 0 Å². The first-order valence-corrected chi connectivity index (χ1v) is 7.59. The van der Waals surface area contributed by atoms with Crippen molar-refractivity contribution in [3.8, 4) is 22.8 Å². The number of carboxylic acids is 1. The SMILES string of the molecule is COc1ccc(-c2[nH]c3c(C)cccc3c2CC(=O)O)cc1OC. The largest absolute Gasteiger partial charge is 0.493 e. The second-order valence-corrected chi connectivity index (χ2v) is 5.62. The van der Waals surface area contributed by atoms with Crippen LogP contribution in [0.4, 0.5) is 0 Å². The number of para-hydroxylation sites is 1. The molecule has 0 saturated carbocycles. The molecule has 5 nitrogen and oxygen atoms in total. The van der Waals surface area contributed by atoms with E-state index in [1.165, 1.54) is 0 Å². The zero-order valence-corrected chi connectivity index (χ0v) is 13.8. The van der Waals surface area contributed by atoms with E-state index in [-0.39, 0.29) is 6.42 Å². The van der Waals surface area contributed by atoms with Crippen molar-refractivity contribution in [3.63, 3.8) is 0 Å². The summed E-state index contributed by atoms with van der Waals surface area (Å²) < 4.78 is 10.6. The van der Waals surface area contributed by atoms with E-state index in [0.717, 1.165) is 33.3 Å². The molecule has 5 heteroatoms. The predicted molar refractivity (Wildman–Crippen MR) is 92.9 cm³/mol. The molecule has 0 amide bonds. The Bertz CT molecular complexity index is 911. The summed E-state index contributed by atoms with van der Waals surface area (Å²) in [4.78, 5) is 14.7. The highest BCUT2D eigenvalue weighted by molar-refractivity contribution is 5.95. The Labute approximate surface area is 139 Å². The van der Waals surface area contributed by atoms with E-state index in [1.54, 1.807) is 14.2 Å². The van der Waals surface area contributed by atoms with Gasteiger partial charge in [-0.3, -0.25) is 4.79 Å². The number of aliphatic carboxylic acids is 1. The molecule has 3 rings (SSSR count). The highest BCUT2D eigenvalue weighted by Gasteiger charge is 2.18. The lowest BCUT2D eigenvalue weighted by Gasteiger charge is -2.10. The van der Waals surface area contributed by atoms with Gasteiger partial charge in [0.15, 0.2) is 11.5 Å². The molecule has 0 aliphatic carbocycles. The van der Waals surface area contributed by atoms with Crippen molar-refractivity contribution in [1.29, 1.82) is 0 Å². The first-order valence-electron chi connectivity index (χ1n) is 7.59. The first kappa shape index (κ1) is 15.9. The van der Waals surface area contributed by atoms with E-state index in [2.05, 4.69) is 4.98 Å². The summed E-state index contributed by atoms with van der Waals surface area (Å²) in [5.41, 5.74) is 4.46. The van der Waals surface area contributed by atoms with Crippen molar-refractivity contribution in [2.75, 3.05) is 14.2 Å². The van der Waals surface area contributed by atoms with Gasteiger partial charge in [-0.1, -0.05) is 18.2 Å². The molecule has 2 N–H and O–H groups in total. The number of aromatic nitrogens is 1. The number of methoxy groups -OCH3 is 2. The van der Waals surface area contributed by atoms with Crippen molar-refractivity contribution in [1.82, 2.24) is 4.98 Å². The number of carbonyl (C=O) groups is 1. The van der Waals surface area contributed by atoms with Crippen LogP contribution >= 0.6 is 0 Å². The fraction of sp³-hybridized carbons (Fsp3) is 0.211.